The van der Waals surface area contributed by atoms with Crippen molar-refractivity contribution in [3.63, 3.8) is 0 Å². The van der Waals surface area contributed by atoms with E-state index in [1.807, 2.05) is 53.5 Å². The van der Waals surface area contributed by atoms with Crippen molar-refractivity contribution < 1.29 is 14.2 Å². The van der Waals surface area contributed by atoms with E-state index in [9.17, 15) is 9.59 Å². The molecule has 2 aliphatic heterocycles. The molecule has 1 aliphatic carbocycles. The Morgan fingerprint density at radius 3 is 2.68 bits per heavy atom. The van der Waals surface area contributed by atoms with Crippen LogP contribution in [0.5, 0.6) is 0 Å². The molecule has 4 nitrogen and oxygen atoms in total. The van der Waals surface area contributed by atoms with Crippen LogP contribution >= 0.6 is 23.4 Å². The van der Waals surface area contributed by atoms with E-state index in [0.29, 0.717) is 9.93 Å². The zero-order chi connectivity index (χ0) is 19.5. The molecule has 0 aromatic heterocycles. The van der Waals surface area contributed by atoms with Gasteiger partial charge in [0.05, 0.1) is 0 Å². The molecule has 2 amide bonds. The van der Waals surface area contributed by atoms with Gasteiger partial charge in [-0.1, -0.05) is 53.7 Å². The van der Waals surface area contributed by atoms with E-state index in [1.165, 1.54) is 18.2 Å². The molecular weight excluding hydrogens is 392 g/mol. The van der Waals surface area contributed by atoms with Gasteiger partial charge in [-0.25, -0.2) is 4.79 Å². The smallest absolute Gasteiger partial charge is 0.337 e. The maximum absolute atomic E-state index is 13.2. The zero-order valence-corrected chi connectivity index (χ0v) is 17.1. The fourth-order valence-corrected chi connectivity index (χ4v) is 4.95. The first kappa shape index (κ1) is 19.2. The molecule has 0 N–H and O–H groups in total. The number of carbonyl (C=O) groups excluding carboxylic acids is 2. The highest BCUT2D eigenvalue weighted by Gasteiger charge is 2.40. The van der Waals surface area contributed by atoms with Crippen molar-refractivity contribution in [1.29, 1.82) is 0 Å². The molecule has 1 unspecified atom stereocenters. The van der Waals surface area contributed by atoms with Crippen molar-refractivity contribution in [1.82, 2.24) is 4.90 Å². The molecule has 0 saturated carbocycles. The first-order valence-corrected chi connectivity index (χ1v) is 10.8. The molecule has 3 aliphatic rings. The molecule has 4 rings (SSSR count). The van der Waals surface area contributed by atoms with Gasteiger partial charge in [-0.3, -0.25) is 4.79 Å². The average Bonchev–Trinajstić information content (AvgIpc) is 2.73. The monoisotopic (exact) mass is 413 g/mol. The molecule has 2 heterocycles. The van der Waals surface area contributed by atoms with Crippen LogP contribution < -0.4 is 0 Å². The van der Waals surface area contributed by atoms with Gasteiger partial charge in [0.2, 0.25) is 12.3 Å². The van der Waals surface area contributed by atoms with Crippen molar-refractivity contribution in [2.75, 3.05) is 19.6 Å². The van der Waals surface area contributed by atoms with Crippen LogP contribution in [0.2, 0.25) is 5.02 Å². The summed E-state index contributed by atoms with van der Waals surface area (Å²) in [5.41, 5.74) is 1.80. The van der Waals surface area contributed by atoms with Gasteiger partial charge < -0.3 is 4.90 Å². The summed E-state index contributed by atoms with van der Waals surface area (Å²) < 4.78 is 1.65. The van der Waals surface area contributed by atoms with E-state index in [4.69, 9.17) is 11.6 Å². The molecule has 1 aromatic carbocycles. The van der Waals surface area contributed by atoms with E-state index in [0.717, 1.165) is 37.2 Å². The normalized spacial score (nSPS) is 23.3. The molecule has 0 bridgehead atoms. The van der Waals surface area contributed by atoms with Crippen LogP contribution in [0.4, 0.5) is 0 Å². The van der Waals surface area contributed by atoms with Gasteiger partial charge in [-0.05, 0) is 43.0 Å². The highest BCUT2D eigenvalue weighted by molar-refractivity contribution is 8.05. The summed E-state index contributed by atoms with van der Waals surface area (Å²) in [5, 5.41) is 0.699. The number of fused-ring (bicyclic) bond motifs is 1. The first-order valence-electron chi connectivity index (χ1n) is 9.57. The van der Waals surface area contributed by atoms with Crippen LogP contribution in [-0.4, -0.2) is 51.9 Å². The summed E-state index contributed by atoms with van der Waals surface area (Å²) in [7, 11) is 0. The topological polar surface area (TPSA) is 40.4 Å². The molecule has 1 atom stereocenters. The molecular formula is C22H22ClN2O2S+. The first-order chi connectivity index (χ1) is 13.6. The van der Waals surface area contributed by atoms with Gasteiger partial charge >= 0.3 is 5.91 Å². The molecule has 1 fully saturated rings. The number of carbonyl (C=O) groups is 2. The lowest BCUT2D eigenvalue weighted by molar-refractivity contribution is -0.435. The maximum atomic E-state index is 13.2. The van der Waals surface area contributed by atoms with Gasteiger partial charge in [-0.2, -0.15) is 0 Å². The number of amides is 2. The van der Waals surface area contributed by atoms with Crippen molar-refractivity contribution >= 4 is 47.0 Å². The Bertz CT molecular complexity index is 909. The van der Waals surface area contributed by atoms with Crippen LogP contribution in [0, 0.1) is 0 Å². The third-order valence-corrected chi connectivity index (χ3v) is 6.60. The molecule has 1 aromatic rings. The van der Waals surface area contributed by atoms with Gasteiger partial charge in [0, 0.05) is 24.2 Å². The second kappa shape index (κ2) is 8.50. The summed E-state index contributed by atoms with van der Waals surface area (Å²) in [5.74, 6) is -0.0866. The van der Waals surface area contributed by atoms with Crippen LogP contribution in [0.15, 0.2) is 53.5 Å². The lowest BCUT2D eigenvalue weighted by Gasteiger charge is -2.27. The van der Waals surface area contributed by atoms with E-state index in [2.05, 4.69) is 6.08 Å². The average molecular weight is 414 g/mol. The summed E-state index contributed by atoms with van der Waals surface area (Å²) in [6.07, 6.45) is 13.1. The molecule has 0 radical (unpaired) electrons. The van der Waals surface area contributed by atoms with Gasteiger partial charge in [0.15, 0.2) is 0 Å². The maximum Gasteiger partial charge on any atom is 0.426 e. The second-order valence-electron chi connectivity index (χ2n) is 7.10. The lowest BCUT2D eigenvalue weighted by atomic mass is 10.1. The Balaban J connectivity index is 1.63. The fraction of sp³-hybridized carbons (Fsp3) is 0.318. The Labute approximate surface area is 174 Å². The number of nitrogens with zero attached hydrogens (tertiary/aromatic N) is 2. The van der Waals surface area contributed by atoms with E-state index in [-0.39, 0.29) is 23.6 Å². The quantitative estimate of drug-likeness (QED) is 0.557. The Hall–Kier alpha value is -2.11. The second-order valence-corrected chi connectivity index (χ2v) is 8.72. The van der Waals surface area contributed by atoms with Gasteiger partial charge in [0.1, 0.15) is 10.2 Å². The van der Waals surface area contributed by atoms with Crippen molar-refractivity contribution in [3.05, 3.63) is 64.1 Å². The number of piperidine rings is 1. The van der Waals surface area contributed by atoms with Crippen LogP contribution in [-0.2, 0) is 9.59 Å². The SMILES string of the molecule is O=C(C[N+]1=C2C=CC=CC2S/C(=C/c2ccc(Cl)cc2)C1=O)N1CCCCC1. The molecule has 28 heavy (non-hydrogen) atoms. The van der Waals surface area contributed by atoms with E-state index >= 15 is 0 Å². The predicted octanol–water partition coefficient (Wildman–Crippen LogP) is 3.91. The molecule has 144 valence electrons. The highest BCUT2D eigenvalue weighted by atomic mass is 35.5. The summed E-state index contributed by atoms with van der Waals surface area (Å²) in [4.78, 5) is 28.6. The summed E-state index contributed by atoms with van der Waals surface area (Å²) in [6, 6.07) is 7.40. The summed E-state index contributed by atoms with van der Waals surface area (Å²) >= 11 is 7.49. The minimum atomic E-state index is -0.114. The number of likely N-dealkylation sites (tertiary alicyclic amines) is 1. The number of allylic oxidation sites excluding steroid dienone is 3. The number of hydrogen-bond acceptors (Lipinski definition) is 3. The van der Waals surface area contributed by atoms with Crippen LogP contribution in [0.25, 0.3) is 6.08 Å². The molecule has 0 spiro atoms. The molecule has 6 heteroatoms. The lowest BCUT2D eigenvalue weighted by Crippen LogP contribution is -2.46. The third-order valence-electron chi connectivity index (χ3n) is 5.15. The number of benzene rings is 1. The number of halogens is 1. The van der Waals surface area contributed by atoms with Gasteiger partial charge in [-0.15, -0.1) is 4.58 Å². The third kappa shape index (κ3) is 4.15. The minimum Gasteiger partial charge on any atom is -0.337 e. The van der Waals surface area contributed by atoms with Crippen LogP contribution in [0.1, 0.15) is 24.8 Å². The Morgan fingerprint density at radius 1 is 1.18 bits per heavy atom. The van der Waals surface area contributed by atoms with E-state index < -0.39 is 0 Å². The van der Waals surface area contributed by atoms with Crippen molar-refractivity contribution in [3.8, 4) is 0 Å². The van der Waals surface area contributed by atoms with E-state index in [1.54, 1.807) is 4.58 Å². The predicted molar refractivity (Wildman–Crippen MR) is 115 cm³/mol. The number of hydrogen-bond donors (Lipinski definition) is 0. The van der Waals surface area contributed by atoms with Crippen LogP contribution in [0.3, 0.4) is 0 Å². The van der Waals surface area contributed by atoms with Crippen molar-refractivity contribution in [2.45, 2.75) is 24.5 Å². The number of rotatable bonds is 3. The van der Waals surface area contributed by atoms with Crippen molar-refractivity contribution in [2.24, 2.45) is 0 Å². The number of thioether (sulfide) groups is 1. The fourth-order valence-electron chi connectivity index (χ4n) is 3.64. The van der Waals surface area contributed by atoms with Gasteiger partial charge in [0.25, 0.3) is 5.91 Å². The molecule has 1 saturated heterocycles. The standard InChI is InChI=1S/C22H22ClN2O2S/c23-17-10-8-16(9-11-17)14-20-22(27)25(18-6-2-3-7-19(18)28-20)15-21(26)24-12-4-1-5-13-24/h2-3,6-11,14,19H,1,4-5,12-13,15H2/q+1/b20-14+. The minimum absolute atomic E-state index is 0.0278. The Morgan fingerprint density at radius 2 is 1.93 bits per heavy atom. The largest absolute Gasteiger partial charge is 0.426 e. The Kier molecular flexibility index (Phi) is 5.83. The zero-order valence-electron chi connectivity index (χ0n) is 15.5. The highest BCUT2D eigenvalue weighted by Crippen LogP contribution is 2.33. The summed E-state index contributed by atoms with van der Waals surface area (Å²) in [6.45, 7) is 1.68.